The smallest absolute Gasteiger partial charge is 0.255 e. The molecule has 39 heavy (non-hydrogen) atoms. The molecule has 1 atom stereocenters. The second-order valence-corrected chi connectivity index (χ2v) is 10.8. The van der Waals surface area contributed by atoms with E-state index in [-0.39, 0.29) is 12.5 Å². The molecule has 0 aliphatic carbocycles. The number of hydrogen-bond acceptors (Lipinski definition) is 6. The normalized spacial score (nSPS) is 14.5. The zero-order chi connectivity index (χ0) is 27.4. The van der Waals surface area contributed by atoms with Gasteiger partial charge in [-0.1, -0.05) is 84.4 Å². The predicted molar refractivity (Wildman–Crippen MR) is 158 cm³/mol. The first-order chi connectivity index (χ1) is 18.9. The number of aryl methyl sites for hydroxylation is 1. The van der Waals surface area contributed by atoms with Crippen LogP contribution >= 0.6 is 23.4 Å². The Morgan fingerprint density at radius 3 is 2.59 bits per heavy atom. The second kappa shape index (κ2) is 12.0. The van der Waals surface area contributed by atoms with Crippen LogP contribution in [0.25, 0.3) is 0 Å². The van der Waals surface area contributed by atoms with Crippen LogP contribution in [0, 0.1) is 6.92 Å². The molecule has 1 amide bonds. The Hall–Kier alpha value is -3.75. The number of carbonyl (C=O) groups is 1. The molecule has 1 unspecified atom stereocenters. The van der Waals surface area contributed by atoms with Crippen LogP contribution in [-0.2, 0) is 11.4 Å². The minimum absolute atomic E-state index is 0.223. The maximum atomic E-state index is 13.8. The molecule has 9 heteroatoms. The Bertz CT molecular complexity index is 1520. The number of ether oxygens (including phenoxy) is 1. The second-order valence-electron chi connectivity index (χ2n) is 9.32. The van der Waals surface area contributed by atoms with Crippen LogP contribution in [0.15, 0.2) is 89.2 Å². The SMILES string of the molecule is CCCSc1nc2n(n1)C(c1ccccc1OCc1ccccc1Cl)C(C(=O)Nc1ccc(C)cc1)=C(C)N2. The number of benzene rings is 3. The average Bonchev–Trinajstić information content (AvgIpc) is 3.34. The van der Waals surface area contributed by atoms with Crippen LogP contribution in [0.5, 0.6) is 5.75 Å². The van der Waals surface area contributed by atoms with E-state index < -0.39 is 6.04 Å². The van der Waals surface area contributed by atoms with Gasteiger partial charge in [-0.2, -0.15) is 4.98 Å². The molecule has 0 saturated heterocycles. The predicted octanol–water partition coefficient (Wildman–Crippen LogP) is 7.25. The highest BCUT2D eigenvalue weighted by atomic mass is 35.5. The quantitative estimate of drug-likeness (QED) is 0.210. The number of anilines is 2. The Kier molecular flexibility index (Phi) is 8.24. The maximum absolute atomic E-state index is 13.8. The summed E-state index contributed by atoms with van der Waals surface area (Å²) < 4.78 is 8.10. The Balaban J connectivity index is 1.55. The summed E-state index contributed by atoms with van der Waals surface area (Å²) in [5.41, 5.74) is 4.76. The zero-order valence-electron chi connectivity index (χ0n) is 22.1. The molecule has 200 valence electrons. The lowest BCUT2D eigenvalue weighted by molar-refractivity contribution is -0.113. The summed E-state index contributed by atoms with van der Waals surface area (Å²) in [6, 6.07) is 22.5. The van der Waals surface area contributed by atoms with Gasteiger partial charge in [0.2, 0.25) is 11.1 Å². The molecular formula is C30H30ClN5O2S. The van der Waals surface area contributed by atoms with Crippen LogP contribution in [0.3, 0.4) is 0 Å². The molecule has 1 aromatic heterocycles. The number of halogens is 1. The van der Waals surface area contributed by atoms with Crippen molar-refractivity contribution < 1.29 is 9.53 Å². The third-order valence-electron chi connectivity index (χ3n) is 6.38. The van der Waals surface area contributed by atoms with Crippen molar-refractivity contribution in [2.24, 2.45) is 0 Å². The fraction of sp³-hybridized carbons (Fsp3) is 0.233. The van der Waals surface area contributed by atoms with E-state index in [2.05, 4.69) is 17.6 Å². The van der Waals surface area contributed by atoms with Gasteiger partial charge in [0.15, 0.2) is 0 Å². The topological polar surface area (TPSA) is 81.1 Å². The van der Waals surface area contributed by atoms with Gasteiger partial charge in [-0.05, 0) is 44.5 Å². The van der Waals surface area contributed by atoms with Crippen LogP contribution in [0.4, 0.5) is 11.6 Å². The van der Waals surface area contributed by atoms with Gasteiger partial charge in [0.25, 0.3) is 5.91 Å². The van der Waals surface area contributed by atoms with E-state index in [1.165, 1.54) is 0 Å². The number of fused-ring (bicyclic) bond motifs is 1. The van der Waals surface area contributed by atoms with Gasteiger partial charge in [0.05, 0.1) is 5.57 Å². The summed E-state index contributed by atoms with van der Waals surface area (Å²) >= 11 is 7.98. The average molecular weight is 560 g/mol. The molecule has 1 aliphatic heterocycles. The lowest BCUT2D eigenvalue weighted by Gasteiger charge is -2.29. The van der Waals surface area contributed by atoms with Crippen molar-refractivity contribution in [2.75, 3.05) is 16.4 Å². The van der Waals surface area contributed by atoms with E-state index in [0.717, 1.165) is 34.6 Å². The van der Waals surface area contributed by atoms with Crippen molar-refractivity contribution in [3.63, 3.8) is 0 Å². The zero-order valence-corrected chi connectivity index (χ0v) is 23.6. The van der Waals surface area contributed by atoms with E-state index in [4.69, 9.17) is 26.4 Å². The van der Waals surface area contributed by atoms with Crippen LogP contribution < -0.4 is 15.4 Å². The first-order valence-corrected chi connectivity index (χ1v) is 14.2. The molecule has 2 N–H and O–H groups in total. The summed E-state index contributed by atoms with van der Waals surface area (Å²) in [4.78, 5) is 18.6. The van der Waals surface area contributed by atoms with Crippen molar-refractivity contribution in [2.45, 2.75) is 45.0 Å². The molecule has 2 heterocycles. The minimum Gasteiger partial charge on any atom is -0.488 e. The highest BCUT2D eigenvalue weighted by molar-refractivity contribution is 7.99. The minimum atomic E-state index is -0.558. The third-order valence-corrected chi connectivity index (χ3v) is 7.79. The lowest BCUT2D eigenvalue weighted by Crippen LogP contribution is -2.31. The van der Waals surface area contributed by atoms with Gasteiger partial charge in [-0.25, -0.2) is 4.68 Å². The number of nitrogens with one attached hydrogen (secondary N) is 2. The summed E-state index contributed by atoms with van der Waals surface area (Å²) in [7, 11) is 0. The fourth-order valence-electron chi connectivity index (χ4n) is 4.41. The summed E-state index contributed by atoms with van der Waals surface area (Å²) in [6.45, 7) is 6.31. The number of rotatable bonds is 9. The Morgan fingerprint density at radius 2 is 1.82 bits per heavy atom. The molecule has 7 nitrogen and oxygen atoms in total. The highest BCUT2D eigenvalue weighted by Gasteiger charge is 2.36. The molecule has 3 aromatic carbocycles. The number of para-hydroxylation sites is 1. The van der Waals surface area contributed by atoms with E-state index in [0.29, 0.717) is 33.1 Å². The van der Waals surface area contributed by atoms with Crippen molar-refractivity contribution in [3.8, 4) is 5.75 Å². The third kappa shape index (κ3) is 5.97. The molecule has 5 rings (SSSR count). The van der Waals surface area contributed by atoms with Gasteiger partial charge >= 0.3 is 0 Å². The van der Waals surface area contributed by atoms with Gasteiger partial charge in [0, 0.05) is 33.3 Å². The molecular weight excluding hydrogens is 530 g/mol. The molecule has 0 spiro atoms. The number of thioether (sulfide) groups is 1. The number of carbonyl (C=O) groups excluding carboxylic acids is 1. The molecule has 1 aliphatic rings. The molecule has 4 aromatic rings. The van der Waals surface area contributed by atoms with Crippen LogP contribution in [0.2, 0.25) is 5.02 Å². The van der Waals surface area contributed by atoms with E-state index in [9.17, 15) is 4.79 Å². The van der Waals surface area contributed by atoms with E-state index >= 15 is 0 Å². The Labute approximate surface area is 237 Å². The van der Waals surface area contributed by atoms with Crippen molar-refractivity contribution in [3.05, 3.63) is 106 Å². The molecule has 0 saturated carbocycles. The lowest BCUT2D eigenvalue weighted by atomic mass is 9.94. The van der Waals surface area contributed by atoms with Crippen molar-refractivity contribution in [1.29, 1.82) is 0 Å². The number of hydrogen-bond donors (Lipinski definition) is 2. The number of allylic oxidation sites excluding steroid dienone is 1. The van der Waals surface area contributed by atoms with Crippen molar-refractivity contribution in [1.82, 2.24) is 14.8 Å². The van der Waals surface area contributed by atoms with Gasteiger partial charge < -0.3 is 15.4 Å². The van der Waals surface area contributed by atoms with Gasteiger partial charge in [0.1, 0.15) is 18.4 Å². The van der Waals surface area contributed by atoms with Crippen LogP contribution in [0.1, 0.15) is 43.0 Å². The van der Waals surface area contributed by atoms with E-state index in [1.54, 1.807) is 16.4 Å². The number of nitrogens with zero attached hydrogens (tertiary/aromatic N) is 3. The molecule has 0 fully saturated rings. The number of amides is 1. The summed E-state index contributed by atoms with van der Waals surface area (Å²) in [5.74, 6) is 1.91. The molecule has 0 radical (unpaired) electrons. The first kappa shape index (κ1) is 26.8. The summed E-state index contributed by atoms with van der Waals surface area (Å²) in [6.07, 6.45) is 1.01. The van der Waals surface area contributed by atoms with Gasteiger partial charge in [-0.15, -0.1) is 5.10 Å². The standard InChI is InChI=1S/C30H30ClN5O2S/c1-4-17-39-30-34-29-32-20(3)26(28(37)33-22-15-13-19(2)14-16-22)27(36(29)35-30)23-10-6-8-12-25(23)38-18-21-9-5-7-11-24(21)31/h5-16,27H,4,17-18H2,1-3H3,(H,33,37)(H,32,34,35). The largest absolute Gasteiger partial charge is 0.488 e. The maximum Gasteiger partial charge on any atom is 0.255 e. The van der Waals surface area contributed by atoms with E-state index in [1.807, 2.05) is 86.6 Å². The fourth-order valence-corrected chi connectivity index (χ4v) is 5.29. The first-order valence-electron chi connectivity index (χ1n) is 12.8. The van der Waals surface area contributed by atoms with Gasteiger partial charge in [-0.3, -0.25) is 4.79 Å². The summed E-state index contributed by atoms with van der Waals surface area (Å²) in [5, 5.41) is 12.5. The number of aromatic nitrogens is 3. The van der Waals surface area contributed by atoms with Crippen LogP contribution in [-0.4, -0.2) is 26.4 Å². The van der Waals surface area contributed by atoms with Crippen molar-refractivity contribution >= 4 is 40.9 Å². The Morgan fingerprint density at radius 1 is 1.08 bits per heavy atom. The monoisotopic (exact) mass is 559 g/mol. The molecule has 0 bridgehead atoms. The highest BCUT2D eigenvalue weighted by Crippen LogP contribution is 2.40.